The molecule has 0 spiro atoms. The maximum Gasteiger partial charge on any atom is 0.307 e. The fourth-order valence-corrected chi connectivity index (χ4v) is 3.27. The molecule has 0 saturated carbocycles. The maximum absolute atomic E-state index is 11.0. The van der Waals surface area contributed by atoms with Crippen molar-refractivity contribution in [1.29, 1.82) is 0 Å². The van der Waals surface area contributed by atoms with Gasteiger partial charge in [-0.2, -0.15) is 11.8 Å². The summed E-state index contributed by atoms with van der Waals surface area (Å²) in [6.07, 6.45) is 0.870. The molecule has 3 rings (SSSR count). The minimum atomic E-state index is -0.742. The van der Waals surface area contributed by atoms with Crippen molar-refractivity contribution in [2.24, 2.45) is 5.92 Å². The zero-order valence-corrected chi connectivity index (χ0v) is 12.4. The van der Waals surface area contributed by atoms with E-state index in [0.717, 1.165) is 17.1 Å². The minimum Gasteiger partial charge on any atom is -0.487 e. The summed E-state index contributed by atoms with van der Waals surface area (Å²) in [5, 5.41) is 12.8. The number of benzene rings is 1. The van der Waals surface area contributed by atoms with Crippen LogP contribution in [0.2, 0.25) is 5.02 Å². The number of hydrogen-bond acceptors (Lipinski definition) is 4. The summed E-state index contributed by atoms with van der Waals surface area (Å²) in [5.74, 6) is 1.69. The first-order chi connectivity index (χ1) is 9.63. The average Bonchev–Trinajstić information content (AvgIpc) is 2.84. The van der Waals surface area contributed by atoms with Gasteiger partial charge in [-0.05, 0) is 24.1 Å². The molecule has 4 nitrogen and oxygen atoms in total. The van der Waals surface area contributed by atoms with Gasteiger partial charge < -0.3 is 15.2 Å². The van der Waals surface area contributed by atoms with Gasteiger partial charge in [0.2, 0.25) is 0 Å². The Morgan fingerprint density at radius 2 is 2.25 bits per heavy atom. The van der Waals surface area contributed by atoms with Crippen molar-refractivity contribution in [3.8, 4) is 5.75 Å². The Bertz CT molecular complexity index is 521. The molecule has 0 bridgehead atoms. The Balaban J connectivity index is 1.68. The van der Waals surface area contributed by atoms with E-state index in [-0.39, 0.29) is 18.1 Å². The summed E-state index contributed by atoms with van der Waals surface area (Å²) in [6.45, 7) is 0.509. The third-order valence-electron chi connectivity index (χ3n) is 3.74. The molecule has 2 aliphatic rings. The number of nitrogens with one attached hydrogen (secondary N) is 1. The van der Waals surface area contributed by atoms with E-state index in [1.54, 1.807) is 0 Å². The van der Waals surface area contributed by atoms with Crippen LogP contribution >= 0.6 is 23.4 Å². The van der Waals surface area contributed by atoms with E-state index in [0.29, 0.717) is 23.7 Å². The van der Waals surface area contributed by atoms with Gasteiger partial charge in [0.05, 0.1) is 10.9 Å². The molecule has 1 aromatic carbocycles. The molecule has 2 aliphatic heterocycles. The van der Waals surface area contributed by atoms with Crippen LogP contribution in [0.5, 0.6) is 5.75 Å². The molecular formula is C14H16ClNO3S. The summed E-state index contributed by atoms with van der Waals surface area (Å²) in [6, 6.07) is 5.79. The SMILES string of the molecule is O=C(O)C1CNC(c2ccc(OC3CSC3)c(Cl)c2)C1. The van der Waals surface area contributed by atoms with Crippen LogP contribution in [-0.4, -0.2) is 35.2 Å². The second-order valence-electron chi connectivity index (χ2n) is 5.20. The van der Waals surface area contributed by atoms with Crippen molar-refractivity contribution in [3.63, 3.8) is 0 Å². The highest BCUT2D eigenvalue weighted by Crippen LogP contribution is 2.34. The maximum atomic E-state index is 11.0. The second kappa shape index (κ2) is 5.84. The van der Waals surface area contributed by atoms with Gasteiger partial charge in [-0.25, -0.2) is 0 Å². The molecule has 2 fully saturated rings. The van der Waals surface area contributed by atoms with Crippen LogP contribution in [0.1, 0.15) is 18.0 Å². The van der Waals surface area contributed by atoms with Crippen LogP contribution in [0, 0.1) is 5.92 Å². The lowest BCUT2D eigenvalue weighted by atomic mass is 10.00. The Morgan fingerprint density at radius 3 is 2.80 bits per heavy atom. The van der Waals surface area contributed by atoms with Gasteiger partial charge in [0.25, 0.3) is 0 Å². The predicted molar refractivity (Wildman–Crippen MR) is 79.7 cm³/mol. The van der Waals surface area contributed by atoms with Crippen LogP contribution in [0.3, 0.4) is 0 Å². The number of rotatable bonds is 4. The molecule has 6 heteroatoms. The lowest BCUT2D eigenvalue weighted by Gasteiger charge is -2.26. The van der Waals surface area contributed by atoms with Gasteiger partial charge in [-0.1, -0.05) is 17.7 Å². The smallest absolute Gasteiger partial charge is 0.307 e. The number of carbonyl (C=O) groups is 1. The van der Waals surface area contributed by atoms with E-state index < -0.39 is 5.97 Å². The molecule has 2 N–H and O–H groups in total. The van der Waals surface area contributed by atoms with Gasteiger partial charge >= 0.3 is 5.97 Å². The van der Waals surface area contributed by atoms with Crippen molar-refractivity contribution >= 4 is 29.3 Å². The molecular weight excluding hydrogens is 298 g/mol. The van der Waals surface area contributed by atoms with Gasteiger partial charge in [-0.15, -0.1) is 0 Å². The number of carboxylic acid groups (broad SMARTS) is 1. The third kappa shape index (κ3) is 2.90. The molecule has 2 saturated heterocycles. The molecule has 1 aromatic rings. The quantitative estimate of drug-likeness (QED) is 0.894. The van der Waals surface area contributed by atoms with Crippen LogP contribution in [0.15, 0.2) is 18.2 Å². The summed E-state index contributed by atoms with van der Waals surface area (Å²) in [7, 11) is 0. The van der Waals surface area contributed by atoms with Crippen LogP contribution < -0.4 is 10.1 Å². The highest BCUT2D eigenvalue weighted by Gasteiger charge is 2.30. The number of carboxylic acids is 1. The average molecular weight is 314 g/mol. The second-order valence-corrected chi connectivity index (χ2v) is 6.68. The van der Waals surface area contributed by atoms with E-state index in [1.165, 1.54) is 0 Å². The van der Waals surface area contributed by atoms with Gasteiger partial charge in [0.15, 0.2) is 0 Å². The molecule has 0 radical (unpaired) electrons. The fraction of sp³-hybridized carbons (Fsp3) is 0.500. The van der Waals surface area contributed by atoms with E-state index in [1.807, 2.05) is 30.0 Å². The summed E-state index contributed by atoms with van der Waals surface area (Å²) in [5.41, 5.74) is 1.02. The predicted octanol–water partition coefficient (Wildman–Crippen LogP) is 2.57. The van der Waals surface area contributed by atoms with E-state index >= 15 is 0 Å². The molecule has 0 aliphatic carbocycles. The Morgan fingerprint density at radius 1 is 1.45 bits per heavy atom. The highest BCUT2D eigenvalue weighted by atomic mass is 35.5. The Labute approximate surface area is 126 Å². The number of ether oxygens (including phenoxy) is 1. The van der Waals surface area contributed by atoms with Crippen molar-refractivity contribution in [2.45, 2.75) is 18.6 Å². The molecule has 20 heavy (non-hydrogen) atoms. The van der Waals surface area contributed by atoms with Crippen LogP contribution in [0.4, 0.5) is 0 Å². The first-order valence-electron chi connectivity index (χ1n) is 6.63. The van der Waals surface area contributed by atoms with Gasteiger partial charge in [0, 0.05) is 24.1 Å². The minimum absolute atomic E-state index is 0.0573. The molecule has 2 atom stereocenters. The van der Waals surface area contributed by atoms with Crippen molar-refractivity contribution in [3.05, 3.63) is 28.8 Å². The standard InChI is InChI=1S/C14H16ClNO3S/c15-11-3-8(12-4-9(5-16-12)14(17)18)1-2-13(11)19-10-6-20-7-10/h1-3,9-10,12,16H,4-7H2,(H,17,18). The van der Waals surface area contributed by atoms with Gasteiger partial charge in [0.1, 0.15) is 11.9 Å². The number of aliphatic carboxylic acids is 1. The molecule has 2 unspecified atom stereocenters. The molecule has 108 valence electrons. The highest BCUT2D eigenvalue weighted by molar-refractivity contribution is 8.00. The summed E-state index contributed by atoms with van der Waals surface area (Å²) < 4.78 is 5.79. The zero-order valence-electron chi connectivity index (χ0n) is 10.8. The van der Waals surface area contributed by atoms with Crippen molar-refractivity contribution < 1.29 is 14.6 Å². The molecule has 0 amide bonds. The molecule has 0 aromatic heterocycles. The van der Waals surface area contributed by atoms with Crippen LogP contribution in [-0.2, 0) is 4.79 Å². The van der Waals surface area contributed by atoms with E-state index in [9.17, 15) is 4.79 Å². The number of thioether (sulfide) groups is 1. The number of halogens is 1. The van der Waals surface area contributed by atoms with E-state index in [2.05, 4.69) is 5.32 Å². The normalized spacial score (nSPS) is 26.2. The monoisotopic (exact) mass is 313 g/mol. The largest absolute Gasteiger partial charge is 0.487 e. The Hall–Kier alpha value is -0.910. The third-order valence-corrected chi connectivity index (χ3v) is 5.25. The Kier molecular flexibility index (Phi) is 4.10. The number of hydrogen-bond donors (Lipinski definition) is 2. The summed E-state index contributed by atoms with van der Waals surface area (Å²) in [4.78, 5) is 11.0. The summed E-state index contributed by atoms with van der Waals surface area (Å²) >= 11 is 8.12. The molecule has 2 heterocycles. The van der Waals surface area contributed by atoms with Gasteiger partial charge in [-0.3, -0.25) is 4.79 Å². The lowest BCUT2D eigenvalue weighted by molar-refractivity contribution is -0.141. The van der Waals surface area contributed by atoms with Crippen LogP contribution in [0.25, 0.3) is 0 Å². The van der Waals surface area contributed by atoms with Crippen molar-refractivity contribution in [2.75, 3.05) is 18.1 Å². The lowest BCUT2D eigenvalue weighted by Crippen LogP contribution is -2.31. The topological polar surface area (TPSA) is 58.6 Å². The zero-order chi connectivity index (χ0) is 14.1. The van der Waals surface area contributed by atoms with Crippen molar-refractivity contribution in [1.82, 2.24) is 5.32 Å². The first kappa shape index (κ1) is 14.0. The van der Waals surface area contributed by atoms with E-state index in [4.69, 9.17) is 21.4 Å². The first-order valence-corrected chi connectivity index (χ1v) is 8.17. The fourth-order valence-electron chi connectivity index (χ4n) is 2.47.